The molecule has 2 aromatic carbocycles. The number of nitrogens with one attached hydrogen (secondary N) is 1. The van der Waals surface area contributed by atoms with Gasteiger partial charge in [-0.2, -0.15) is 0 Å². The van der Waals surface area contributed by atoms with Crippen LogP contribution in [0.1, 0.15) is 15.9 Å². The standard InChI is InChI=1S/C15H15NO2/c1-11-7-9-12(10-8-11)18-14-6-4-3-5-13(14)15(17)16-2/h3-10H,1-2H3,(H,16,17). The third-order valence-corrected chi connectivity index (χ3v) is 2.61. The van der Waals surface area contributed by atoms with Crippen molar-refractivity contribution in [3.63, 3.8) is 0 Å². The van der Waals surface area contributed by atoms with Crippen molar-refractivity contribution in [3.05, 3.63) is 59.7 Å². The van der Waals surface area contributed by atoms with Crippen molar-refractivity contribution in [1.29, 1.82) is 0 Å². The highest BCUT2D eigenvalue weighted by molar-refractivity contribution is 5.96. The van der Waals surface area contributed by atoms with E-state index in [2.05, 4.69) is 5.32 Å². The summed E-state index contributed by atoms with van der Waals surface area (Å²) in [5.41, 5.74) is 1.70. The Morgan fingerprint density at radius 2 is 1.72 bits per heavy atom. The van der Waals surface area contributed by atoms with Crippen molar-refractivity contribution in [3.8, 4) is 11.5 Å². The second-order valence-corrected chi connectivity index (χ2v) is 3.99. The van der Waals surface area contributed by atoms with Crippen LogP contribution in [0, 0.1) is 6.92 Å². The van der Waals surface area contributed by atoms with E-state index >= 15 is 0 Å². The number of carbonyl (C=O) groups is 1. The maximum Gasteiger partial charge on any atom is 0.254 e. The number of benzene rings is 2. The van der Waals surface area contributed by atoms with Crippen LogP contribution in [-0.4, -0.2) is 13.0 Å². The molecule has 18 heavy (non-hydrogen) atoms. The summed E-state index contributed by atoms with van der Waals surface area (Å²) in [5.74, 6) is 1.12. The van der Waals surface area contributed by atoms with Crippen LogP contribution in [0.2, 0.25) is 0 Å². The first-order valence-electron chi connectivity index (χ1n) is 5.76. The van der Waals surface area contributed by atoms with Crippen molar-refractivity contribution in [2.24, 2.45) is 0 Å². The topological polar surface area (TPSA) is 38.3 Å². The molecule has 1 N–H and O–H groups in total. The van der Waals surface area contributed by atoms with Crippen LogP contribution in [0.25, 0.3) is 0 Å². The van der Waals surface area contributed by atoms with Gasteiger partial charge in [-0.25, -0.2) is 0 Å². The third kappa shape index (κ3) is 2.69. The minimum Gasteiger partial charge on any atom is -0.457 e. The van der Waals surface area contributed by atoms with E-state index in [1.54, 1.807) is 19.2 Å². The number of carbonyl (C=O) groups excluding carboxylic acids is 1. The van der Waals surface area contributed by atoms with Crippen LogP contribution in [0.3, 0.4) is 0 Å². The van der Waals surface area contributed by atoms with Crippen LogP contribution >= 0.6 is 0 Å². The lowest BCUT2D eigenvalue weighted by atomic mass is 10.2. The van der Waals surface area contributed by atoms with Gasteiger partial charge in [0.2, 0.25) is 0 Å². The molecule has 2 aromatic rings. The summed E-state index contributed by atoms with van der Waals surface area (Å²) in [4.78, 5) is 11.7. The first-order valence-corrected chi connectivity index (χ1v) is 5.76. The molecule has 0 fully saturated rings. The molecular weight excluding hydrogens is 226 g/mol. The Morgan fingerprint density at radius 1 is 1.06 bits per heavy atom. The normalized spacial score (nSPS) is 9.89. The third-order valence-electron chi connectivity index (χ3n) is 2.61. The largest absolute Gasteiger partial charge is 0.457 e. The van der Waals surface area contributed by atoms with Crippen molar-refractivity contribution >= 4 is 5.91 Å². The van der Waals surface area contributed by atoms with Crippen LogP contribution in [0.4, 0.5) is 0 Å². The summed E-state index contributed by atoms with van der Waals surface area (Å²) in [6, 6.07) is 14.9. The van der Waals surface area contributed by atoms with Crippen molar-refractivity contribution in [2.45, 2.75) is 6.92 Å². The average molecular weight is 241 g/mol. The summed E-state index contributed by atoms with van der Waals surface area (Å²) in [7, 11) is 1.60. The molecule has 0 aliphatic heterocycles. The molecule has 0 aliphatic rings. The zero-order chi connectivity index (χ0) is 13.0. The molecule has 0 bridgehead atoms. The first kappa shape index (κ1) is 12.2. The minimum absolute atomic E-state index is 0.155. The van der Waals surface area contributed by atoms with Gasteiger partial charge in [0.25, 0.3) is 5.91 Å². The number of hydrogen-bond acceptors (Lipinski definition) is 2. The number of amides is 1. The van der Waals surface area contributed by atoms with E-state index in [1.807, 2.05) is 43.3 Å². The smallest absolute Gasteiger partial charge is 0.254 e. The predicted molar refractivity (Wildman–Crippen MR) is 71.1 cm³/mol. The zero-order valence-electron chi connectivity index (χ0n) is 10.4. The van der Waals surface area contributed by atoms with Gasteiger partial charge in [-0.05, 0) is 31.2 Å². The molecular formula is C15H15NO2. The molecule has 0 saturated carbocycles. The van der Waals surface area contributed by atoms with Crippen molar-refractivity contribution < 1.29 is 9.53 Å². The lowest BCUT2D eigenvalue weighted by Gasteiger charge is -2.10. The second-order valence-electron chi connectivity index (χ2n) is 3.99. The second kappa shape index (κ2) is 5.36. The van der Waals surface area contributed by atoms with Gasteiger partial charge in [-0.3, -0.25) is 4.79 Å². The molecule has 92 valence electrons. The highest BCUT2D eigenvalue weighted by atomic mass is 16.5. The Balaban J connectivity index is 2.28. The molecule has 0 aliphatic carbocycles. The van der Waals surface area contributed by atoms with E-state index in [9.17, 15) is 4.79 Å². The van der Waals surface area contributed by atoms with Crippen LogP contribution in [-0.2, 0) is 0 Å². The summed E-state index contributed by atoms with van der Waals surface area (Å²) < 4.78 is 5.73. The van der Waals surface area contributed by atoms with E-state index in [-0.39, 0.29) is 5.91 Å². The van der Waals surface area contributed by atoms with Gasteiger partial charge >= 0.3 is 0 Å². The molecule has 1 amide bonds. The summed E-state index contributed by atoms with van der Waals surface area (Å²) in [6.45, 7) is 2.02. The molecule has 0 atom stereocenters. The fourth-order valence-corrected chi connectivity index (χ4v) is 1.61. The number of aryl methyl sites for hydroxylation is 1. The number of hydrogen-bond donors (Lipinski definition) is 1. The Hall–Kier alpha value is -2.29. The molecule has 3 heteroatoms. The van der Waals surface area contributed by atoms with Crippen LogP contribution in [0.15, 0.2) is 48.5 Å². The van der Waals surface area contributed by atoms with Gasteiger partial charge in [0, 0.05) is 7.05 Å². The fraction of sp³-hybridized carbons (Fsp3) is 0.133. The van der Waals surface area contributed by atoms with Crippen LogP contribution < -0.4 is 10.1 Å². The summed E-state index contributed by atoms with van der Waals surface area (Å²) in [6.07, 6.45) is 0. The monoisotopic (exact) mass is 241 g/mol. The SMILES string of the molecule is CNC(=O)c1ccccc1Oc1ccc(C)cc1. The van der Waals surface area contributed by atoms with Crippen molar-refractivity contribution in [2.75, 3.05) is 7.05 Å². The molecule has 0 aromatic heterocycles. The van der Waals surface area contributed by atoms with Crippen LogP contribution in [0.5, 0.6) is 11.5 Å². The summed E-state index contributed by atoms with van der Waals surface area (Å²) >= 11 is 0. The molecule has 0 saturated heterocycles. The van der Waals surface area contributed by atoms with Gasteiger partial charge < -0.3 is 10.1 Å². The van der Waals surface area contributed by atoms with E-state index in [0.29, 0.717) is 11.3 Å². The van der Waals surface area contributed by atoms with Gasteiger partial charge in [0.15, 0.2) is 0 Å². The number of rotatable bonds is 3. The lowest BCUT2D eigenvalue weighted by Crippen LogP contribution is -2.18. The first-order chi connectivity index (χ1) is 8.70. The number of ether oxygens (including phenoxy) is 1. The van der Waals surface area contributed by atoms with E-state index in [4.69, 9.17) is 4.74 Å². The highest BCUT2D eigenvalue weighted by Crippen LogP contribution is 2.25. The molecule has 0 unspecified atom stereocenters. The van der Waals surface area contributed by atoms with E-state index in [0.717, 1.165) is 5.75 Å². The van der Waals surface area contributed by atoms with Gasteiger partial charge in [-0.1, -0.05) is 29.8 Å². The zero-order valence-corrected chi connectivity index (χ0v) is 10.4. The average Bonchev–Trinajstić information content (AvgIpc) is 2.41. The molecule has 0 spiro atoms. The fourth-order valence-electron chi connectivity index (χ4n) is 1.61. The summed E-state index contributed by atoms with van der Waals surface area (Å²) in [5, 5.41) is 2.60. The maximum absolute atomic E-state index is 11.7. The molecule has 0 heterocycles. The van der Waals surface area contributed by atoms with Gasteiger partial charge in [-0.15, -0.1) is 0 Å². The highest BCUT2D eigenvalue weighted by Gasteiger charge is 2.10. The van der Waals surface area contributed by atoms with Gasteiger partial charge in [0.05, 0.1) is 5.56 Å². The minimum atomic E-state index is -0.155. The maximum atomic E-state index is 11.7. The van der Waals surface area contributed by atoms with E-state index in [1.165, 1.54) is 5.56 Å². The van der Waals surface area contributed by atoms with Gasteiger partial charge in [0.1, 0.15) is 11.5 Å². The van der Waals surface area contributed by atoms with Crippen molar-refractivity contribution in [1.82, 2.24) is 5.32 Å². The Labute approximate surface area is 106 Å². The molecule has 2 rings (SSSR count). The number of para-hydroxylation sites is 1. The van der Waals surface area contributed by atoms with E-state index < -0.39 is 0 Å². The Kier molecular flexibility index (Phi) is 3.63. The Morgan fingerprint density at radius 3 is 2.39 bits per heavy atom. The lowest BCUT2D eigenvalue weighted by molar-refractivity contribution is 0.0961. The molecule has 3 nitrogen and oxygen atoms in total. The Bertz CT molecular complexity index is 547. The quantitative estimate of drug-likeness (QED) is 0.896. The predicted octanol–water partition coefficient (Wildman–Crippen LogP) is 3.15. The molecule has 0 radical (unpaired) electrons.